The van der Waals surface area contributed by atoms with Gasteiger partial charge in [-0.15, -0.1) is 0 Å². The molecule has 0 bridgehead atoms. The van der Waals surface area contributed by atoms with Gasteiger partial charge < -0.3 is 10.2 Å². The molecule has 1 aromatic heterocycles. The smallest absolute Gasteiger partial charge is 0.125 e. The molecule has 1 aliphatic carbocycles. The highest BCUT2D eigenvalue weighted by Gasteiger charge is 2.39. The van der Waals surface area contributed by atoms with E-state index < -0.39 is 11.7 Å². The molecule has 4 heteroatoms. The van der Waals surface area contributed by atoms with Crippen molar-refractivity contribution in [1.82, 2.24) is 9.78 Å². The molecule has 1 heterocycles. The highest BCUT2D eigenvalue weighted by atomic mass is 16.3. The Labute approximate surface area is 118 Å². The van der Waals surface area contributed by atoms with Crippen LogP contribution in [0.3, 0.4) is 0 Å². The van der Waals surface area contributed by atoms with Gasteiger partial charge >= 0.3 is 0 Å². The van der Waals surface area contributed by atoms with E-state index in [2.05, 4.69) is 5.10 Å². The van der Waals surface area contributed by atoms with Gasteiger partial charge in [-0.25, -0.2) is 4.68 Å². The zero-order valence-electron chi connectivity index (χ0n) is 11.4. The number of para-hydroxylation sites is 1. The first-order valence-corrected chi connectivity index (χ1v) is 7.20. The minimum atomic E-state index is -1.02. The van der Waals surface area contributed by atoms with Crippen LogP contribution >= 0.6 is 0 Å². The summed E-state index contributed by atoms with van der Waals surface area (Å²) in [5.41, 5.74) is 0.525. The van der Waals surface area contributed by atoms with E-state index >= 15 is 0 Å². The fourth-order valence-electron chi connectivity index (χ4n) is 3.02. The maximum atomic E-state index is 10.7. The molecule has 0 aliphatic heterocycles. The maximum absolute atomic E-state index is 10.7. The monoisotopic (exact) mass is 272 g/mol. The van der Waals surface area contributed by atoms with E-state index in [0.29, 0.717) is 18.5 Å². The van der Waals surface area contributed by atoms with Crippen molar-refractivity contribution in [1.29, 1.82) is 0 Å². The number of aromatic nitrogens is 2. The second kappa shape index (κ2) is 5.38. The van der Waals surface area contributed by atoms with Crippen LogP contribution in [-0.4, -0.2) is 25.6 Å². The molecule has 0 spiro atoms. The fraction of sp³-hybridized carbons (Fsp3) is 0.438. The van der Waals surface area contributed by atoms with Crippen LogP contribution in [-0.2, 0) is 0 Å². The Morgan fingerprint density at radius 2 is 1.75 bits per heavy atom. The average molecular weight is 272 g/mol. The minimum absolute atomic E-state index is 0.647. The van der Waals surface area contributed by atoms with Crippen LogP contribution in [0.25, 0.3) is 5.69 Å². The van der Waals surface area contributed by atoms with Crippen molar-refractivity contribution in [3.63, 3.8) is 0 Å². The van der Waals surface area contributed by atoms with Gasteiger partial charge in [0, 0.05) is 6.20 Å². The summed E-state index contributed by atoms with van der Waals surface area (Å²) in [5, 5.41) is 25.6. The van der Waals surface area contributed by atoms with E-state index in [4.69, 9.17) is 0 Å². The number of aliphatic hydroxyl groups is 2. The average Bonchev–Trinajstić information content (AvgIpc) is 2.97. The van der Waals surface area contributed by atoms with E-state index in [0.717, 1.165) is 24.9 Å². The molecule has 20 heavy (non-hydrogen) atoms. The molecule has 3 rings (SSSR count). The fourth-order valence-corrected chi connectivity index (χ4v) is 3.02. The summed E-state index contributed by atoms with van der Waals surface area (Å²) in [6.45, 7) is 0. The Kier molecular flexibility index (Phi) is 3.59. The van der Waals surface area contributed by atoms with E-state index in [9.17, 15) is 10.2 Å². The summed E-state index contributed by atoms with van der Waals surface area (Å²) in [5.74, 6) is 0. The van der Waals surface area contributed by atoms with Crippen molar-refractivity contribution < 1.29 is 10.2 Å². The lowest BCUT2D eigenvalue weighted by Gasteiger charge is -2.36. The van der Waals surface area contributed by atoms with Crippen LogP contribution in [0.2, 0.25) is 0 Å². The lowest BCUT2D eigenvalue weighted by Crippen LogP contribution is -2.39. The van der Waals surface area contributed by atoms with Gasteiger partial charge in [-0.05, 0) is 31.0 Å². The molecule has 0 amide bonds. The van der Waals surface area contributed by atoms with Crippen LogP contribution < -0.4 is 0 Å². The van der Waals surface area contributed by atoms with Gasteiger partial charge in [0.2, 0.25) is 0 Å². The normalized spacial score (nSPS) is 19.7. The summed E-state index contributed by atoms with van der Waals surface area (Å²) in [7, 11) is 0. The SMILES string of the molecule is OC(c1ccnn1-c1ccccc1)C1(O)CCCCC1. The molecule has 2 aromatic rings. The predicted octanol–water partition coefficient (Wildman–Crippen LogP) is 2.60. The van der Waals surface area contributed by atoms with Crippen molar-refractivity contribution in [3.05, 3.63) is 48.3 Å². The summed E-state index contributed by atoms with van der Waals surface area (Å²) < 4.78 is 1.71. The quantitative estimate of drug-likeness (QED) is 0.903. The zero-order valence-corrected chi connectivity index (χ0v) is 11.4. The Hall–Kier alpha value is -1.65. The summed E-state index contributed by atoms with van der Waals surface area (Å²) >= 11 is 0. The van der Waals surface area contributed by atoms with Gasteiger partial charge in [-0.3, -0.25) is 0 Å². The summed E-state index contributed by atoms with van der Waals surface area (Å²) in [6.07, 6.45) is 5.12. The molecule has 106 valence electrons. The predicted molar refractivity (Wildman–Crippen MR) is 76.6 cm³/mol. The Morgan fingerprint density at radius 3 is 2.45 bits per heavy atom. The van der Waals surface area contributed by atoms with Gasteiger partial charge in [0.15, 0.2) is 0 Å². The van der Waals surface area contributed by atoms with Gasteiger partial charge in [0.1, 0.15) is 6.10 Å². The molecule has 2 N–H and O–H groups in total. The van der Waals surface area contributed by atoms with Gasteiger partial charge in [0.25, 0.3) is 0 Å². The molecule has 4 nitrogen and oxygen atoms in total. The molecule has 1 atom stereocenters. The Bertz CT molecular complexity index is 559. The molecular weight excluding hydrogens is 252 g/mol. The summed E-state index contributed by atoms with van der Waals surface area (Å²) in [4.78, 5) is 0. The van der Waals surface area contributed by atoms with Gasteiger partial charge in [-0.2, -0.15) is 5.10 Å². The second-order valence-corrected chi connectivity index (χ2v) is 5.57. The van der Waals surface area contributed by atoms with E-state index in [1.54, 1.807) is 16.9 Å². The van der Waals surface area contributed by atoms with Crippen LogP contribution in [0.1, 0.15) is 43.9 Å². The molecule has 1 aromatic carbocycles. The van der Waals surface area contributed by atoms with Crippen molar-refractivity contribution in [2.24, 2.45) is 0 Å². The Morgan fingerprint density at radius 1 is 1.05 bits per heavy atom. The highest BCUT2D eigenvalue weighted by Crippen LogP contribution is 2.38. The molecule has 1 unspecified atom stereocenters. The highest BCUT2D eigenvalue weighted by molar-refractivity contribution is 5.33. The molecule has 1 aliphatic rings. The van der Waals surface area contributed by atoms with E-state index in [-0.39, 0.29) is 0 Å². The standard InChI is InChI=1S/C16H20N2O2/c19-15(16(20)10-5-2-6-11-16)14-9-12-17-18(14)13-7-3-1-4-8-13/h1,3-4,7-9,12,15,19-20H,2,5-6,10-11H2. The third-order valence-electron chi connectivity index (χ3n) is 4.18. The number of hydrogen-bond donors (Lipinski definition) is 2. The number of rotatable bonds is 3. The molecular formula is C16H20N2O2. The first-order chi connectivity index (χ1) is 9.71. The first kappa shape index (κ1) is 13.3. The number of benzene rings is 1. The number of aliphatic hydroxyl groups excluding tert-OH is 1. The van der Waals surface area contributed by atoms with Crippen LogP contribution in [0, 0.1) is 0 Å². The molecule has 1 fully saturated rings. The third-order valence-corrected chi connectivity index (χ3v) is 4.18. The van der Waals surface area contributed by atoms with E-state index in [1.807, 2.05) is 30.3 Å². The van der Waals surface area contributed by atoms with Crippen LogP contribution in [0.4, 0.5) is 0 Å². The van der Waals surface area contributed by atoms with E-state index in [1.165, 1.54) is 0 Å². The lowest BCUT2D eigenvalue weighted by atomic mass is 9.79. The topological polar surface area (TPSA) is 58.3 Å². The molecule has 0 saturated heterocycles. The van der Waals surface area contributed by atoms with Crippen molar-refractivity contribution in [2.75, 3.05) is 0 Å². The molecule has 0 radical (unpaired) electrons. The van der Waals surface area contributed by atoms with Crippen LogP contribution in [0.5, 0.6) is 0 Å². The van der Waals surface area contributed by atoms with Gasteiger partial charge in [-0.1, -0.05) is 37.5 Å². The first-order valence-electron chi connectivity index (χ1n) is 7.20. The second-order valence-electron chi connectivity index (χ2n) is 5.57. The third kappa shape index (κ3) is 2.37. The van der Waals surface area contributed by atoms with Crippen molar-refractivity contribution >= 4 is 0 Å². The lowest BCUT2D eigenvalue weighted by molar-refractivity contribution is -0.102. The maximum Gasteiger partial charge on any atom is 0.125 e. The summed E-state index contributed by atoms with van der Waals surface area (Å²) in [6, 6.07) is 11.5. The minimum Gasteiger partial charge on any atom is -0.387 e. The van der Waals surface area contributed by atoms with Gasteiger partial charge in [0.05, 0.1) is 17.0 Å². The van der Waals surface area contributed by atoms with Crippen molar-refractivity contribution in [2.45, 2.75) is 43.8 Å². The number of nitrogens with zero attached hydrogens (tertiary/aromatic N) is 2. The molecule has 1 saturated carbocycles. The zero-order chi connectivity index (χ0) is 14.0. The largest absolute Gasteiger partial charge is 0.387 e. The Balaban J connectivity index is 1.93. The van der Waals surface area contributed by atoms with Crippen molar-refractivity contribution in [3.8, 4) is 5.69 Å². The van der Waals surface area contributed by atoms with Crippen LogP contribution in [0.15, 0.2) is 42.6 Å². The number of hydrogen-bond acceptors (Lipinski definition) is 3.